The maximum atomic E-state index is 12.4. The summed E-state index contributed by atoms with van der Waals surface area (Å²) in [4.78, 5) is 22.0. The number of likely N-dealkylation sites (N-methyl/N-ethyl adjacent to an activating group) is 1. The van der Waals surface area contributed by atoms with Crippen molar-refractivity contribution in [3.63, 3.8) is 0 Å². The van der Waals surface area contributed by atoms with E-state index in [1.54, 1.807) is 6.20 Å². The summed E-state index contributed by atoms with van der Waals surface area (Å²) >= 11 is 1.33. The zero-order valence-electron chi connectivity index (χ0n) is 16.7. The highest BCUT2D eigenvalue weighted by Gasteiger charge is 2.21. The fraction of sp³-hybridized carbons (Fsp3) is 0.450. The number of aromatic nitrogens is 2. The Balaban J connectivity index is 1.58. The SMILES string of the molecule is CN1CCN(c2ccc3c(-c4ncc(C(=O)NC(C)(C)C)s4)noc3c2)CC1. The summed E-state index contributed by atoms with van der Waals surface area (Å²) in [6.45, 7) is 9.97. The molecule has 148 valence electrons. The molecule has 3 heterocycles. The summed E-state index contributed by atoms with van der Waals surface area (Å²) in [5.74, 6) is -0.124. The van der Waals surface area contributed by atoms with Crippen molar-refractivity contribution in [1.82, 2.24) is 20.4 Å². The van der Waals surface area contributed by atoms with Gasteiger partial charge in [0.05, 0.1) is 11.6 Å². The van der Waals surface area contributed by atoms with Crippen molar-refractivity contribution in [3.05, 3.63) is 29.3 Å². The minimum Gasteiger partial charge on any atom is -0.369 e. The van der Waals surface area contributed by atoms with E-state index in [2.05, 4.69) is 38.4 Å². The van der Waals surface area contributed by atoms with Crippen LogP contribution in [0.2, 0.25) is 0 Å². The van der Waals surface area contributed by atoms with Gasteiger partial charge in [-0.2, -0.15) is 0 Å². The highest BCUT2D eigenvalue weighted by molar-refractivity contribution is 7.17. The van der Waals surface area contributed by atoms with Gasteiger partial charge >= 0.3 is 0 Å². The van der Waals surface area contributed by atoms with Crippen LogP contribution >= 0.6 is 11.3 Å². The fourth-order valence-corrected chi connectivity index (χ4v) is 4.04. The lowest BCUT2D eigenvalue weighted by molar-refractivity contribution is 0.0923. The summed E-state index contributed by atoms with van der Waals surface area (Å²) in [5.41, 5.74) is 2.27. The molecule has 0 radical (unpaired) electrons. The standard InChI is InChI=1S/C20H25N5O2S/c1-20(2,3)22-18(26)16-12-21-19(28-16)17-14-6-5-13(11-15(14)27-23-17)25-9-7-24(4)8-10-25/h5-6,11-12H,7-10H2,1-4H3,(H,22,26). The average molecular weight is 400 g/mol. The number of amides is 1. The maximum absolute atomic E-state index is 12.4. The first-order valence-electron chi connectivity index (χ1n) is 9.42. The Morgan fingerprint density at radius 2 is 1.96 bits per heavy atom. The maximum Gasteiger partial charge on any atom is 0.263 e. The van der Waals surface area contributed by atoms with Crippen LogP contribution in [0.1, 0.15) is 30.4 Å². The van der Waals surface area contributed by atoms with E-state index in [-0.39, 0.29) is 11.4 Å². The van der Waals surface area contributed by atoms with Crippen molar-refractivity contribution in [2.45, 2.75) is 26.3 Å². The van der Waals surface area contributed by atoms with E-state index in [0.29, 0.717) is 15.6 Å². The van der Waals surface area contributed by atoms with Gasteiger partial charge in [-0.15, -0.1) is 11.3 Å². The second-order valence-corrected chi connectivity index (χ2v) is 9.27. The molecule has 0 unspecified atom stereocenters. The normalized spacial score (nSPS) is 15.9. The van der Waals surface area contributed by atoms with Crippen LogP contribution in [0.4, 0.5) is 5.69 Å². The van der Waals surface area contributed by atoms with Crippen LogP contribution < -0.4 is 10.2 Å². The zero-order valence-corrected chi connectivity index (χ0v) is 17.5. The van der Waals surface area contributed by atoms with Crippen LogP contribution in [-0.2, 0) is 0 Å². The number of carbonyl (C=O) groups excluding carboxylic acids is 1. The molecule has 3 aromatic rings. The van der Waals surface area contributed by atoms with Gasteiger partial charge in [0.25, 0.3) is 5.91 Å². The number of rotatable bonds is 3. The Morgan fingerprint density at radius 3 is 2.68 bits per heavy atom. The number of anilines is 1. The number of nitrogens with one attached hydrogen (secondary N) is 1. The van der Waals surface area contributed by atoms with Gasteiger partial charge in [0.15, 0.2) is 5.58 Å². The molecule has 0 spiro atoms. The highest BCUT2D eigenvalue weighted by Crippen LogP contribution is 2.33. The van der Waals surface area contributed by atoms with Crippen LogP contribution in [0.25, 0.3) is 21.7 Å². The van der Waals surface area contributed by atoms with Crippen LogP contribution in [0.5, 0.6) is 0 Å². The smallest absolute Gasteiger partial charge is 0.263 e. The Kier molecular flexibility index (Phi) is 4.84. The van der Waals surface area contributed by atoms with E-state index in [1.807, 2.05) is 32.9 Å². The Bertz CT molecular complexity index is 996. The molecule has 28 heavy (non-hydrogen) atoms. The van der Waals surface area contributed by atoms with Gasteiger partial charge in [-0.1, -0.05) is 5.16 Å². The minimum absolute atomic E-state index is 0.124. The van der Waals surface area contributed by atoms with Crippen molar-refractivity contribution < 1.29 is 9.32 Å². The van der Waals surface area contributed by atoms with E-state index < -0.39 is 0 Å². The molecule has 1 amide bonds. The summed E-state index contributed by atoms with van der Waals surface area (Å²) in [7, 11) is 2.15. The van der Waals surface area contributed by atoms with Gasteiger partial charge in [0.1, 0.15) is 15.6 Å². The van der Waals surface area contributed by atoms with Crippen LogP contribution in [-0.4, -0.2) is 59.7 Å². The lowest BCUT2D eigenvalue weighted by Gasteiger charge is -2.33. The molecule has 1 aliphatic heterocycles. The molecular weight excluding hydrogens is 374 g/mol. The molecule has 1 fully saturated rings. The average Bonchev–Trinajstić information content (AvgIpc) is 3.27. The molecule has 0 aliphatic carbocycles. The minimum atomic E-state index is -0.290. The first-order valence-corrected chi connectivity index (χ1v) is 10.2. The number of nitrogens with zero attached hydrogens (tertiary/aromatic N) is 4. The molecule has 7 nitrogen and oxygen atoms in total. The zero-order chi connectivity index (χ0) is 19.9. The van der Waals surface area contributed by atoms with E-state index in [0.717, 1.165) is 42.8 Å². The number of piperazine rings is 1. The van der Waals surface area contributed by atoms with Gasteiger partial charge in [0, 0.05) is 43.5 Å². The molecule has 8 heteroatoms. The van der Waals surface area contributed by atoms with Gasteiger partial charge in [-0.25, -0.2) is 4.98 Å². The van der Waals surface area contributed by atoms with E-state index >= 15 is 0 Å². The molecule has 2 aromatic heterocycles. The molecular formula is C20H25N5O2S. The largest absolute Gasteiger partial charge is 0.369 e. The quantitative estimate of drug-likeness (QED) is 0.729. The molecule has 4 rings (SSSR count). The van der Waals surface area contributed by atoms with Crippen LogP contribution in [0.15, 0.2) is 28.9 Å². The first-order chi connectivity index (χ1) is 13.3. The van der Waals surface area contributed by atoms with Crippen molar-refractivity contribution in [1.29, 1.82) is 0 Å². The van der Waals surface area contributed by atoms with Gasteiger partial charge in [-0.05, 0) is 40.0 Å². The van der Waals surface area contributed by atoms with Crippen LogP contribution in [0.3, 0.4) is 0 Å². The third kappa shape index (κ3) is 3.88. The summed E-state index contributed by atoms with van der Waals surface area (Å²) in [6, 6.07) is 6.18. The topological polar surface area (TPSA) is 74.5 Å². The van der Waals surface area contributed by atoms with Gasteiger partial charge in [-0.3, -0.25) is 4.79 Å². The van der Waals surface area contributed by atoms with E-state index in [9.17, 15) is 4.79 Å². The number of carbonyl (C=O) groups is 1. The second kappa shape index (κ2) is 7.18. The predicted molar refractivity (Wildman–Crippen MR) is 112 cm³/mol. The molecule has 0 bridgehead atoms. The summed E-state index contributed by atoms with van der Waals surface area (Å²) in [5, 5.41) is 8.78. The van der Waals surface area contributed by atoms with Crippen LogP contribution in [0, 0.1) is 0 Å². The van der Waals surface area contributed by atoms with Crippen molar-refractivity contribution in [3.8, 4) is 10.7 Å². The second-order valence-electron chi connectivity index (χ2n) is 8.24. The molecule has 0 saturated carbocycles. The lowest BCUT2D eigenvalue weighted by atomic mass is 10.1. The fourth-order valence-electron chi connectivity index (χ4n) is 3.23. The van der Waals surface area contributed by atoms with Gasteiger partial charge in [0.2, 0.25) is 0 Å². The number of fused-ring (bicyclic) bond motifs is 1. The number of hydrogen-bond donors (Lipinski definition) is 1. The molecule has 1 N–H and O–H groups in total. The monoisotopic (exact) mass is 399 g/mol. The van der Waals surface area contributed by atoms with Crippen molar-refractivity contribution in [2.24, 2.45) is 0 Å². The van der Waals surface area contributed by atoms with Crippen molar-refractivity contribution in [2.75, 3.05) is 38.1 Å². The van der Waals surface area contributed by atoms with Crippen molar-refractivity contribution >= 4 is 33.9 Å². The number of thiazole rings is 1. The van der Waals surface area contributed by atoms with E-state index in [4.69, 9.17) is 4.52 Å². The molecule has 1 aromatic carbocycles. The Morgan fingerprint density at radius 1 is 1.21 bits per heavy atom. The summed E-state index contributed by atoms with van der Waals surface area (Å²) < 4.78 is 5.59. The number of benzene rings is 1. The van der Waals surface area contributed by atoms with Gasteiger partial charge < -0.3 is 19.6 Å². The predicted octanol–water partition coefficient (Wildman–Crippen LogP) is 3.23. The molecule has 1 aliphatic rings. The third-order valence-electron chi connectivity index (χ3n) is 4.74. The Labute approximate surface area is 168 Å². The first kappa shape index (κ1) is 18.9. The molecule has 0 atom stereocenters. The Hall–Kier alpha value is -2.45. The lowest BCUT2D eigenvalue weighted by Crippen LogP contribution is -2.44. The number of hydrogen-bond acceptors (Lipinski definition) is 7. The summed E-state index contributed by atoms with van der Waals surface area (Å²) in [6.07, 6.45) is 1.60. The molecule has 1 saturated heterocycles. The highest BCUT2D eigenvalue weighted by atomic mass is 32.1. The van der Waals surface area contributed by atoms with E-state index in [1.165, 1.54) is 11.3 Å². The third-order valence-corrected chi connectivity index (χ3v) is 5.75.